The second-order valence-corrected chi connectivity index (χ2v) is 6.73. The quantitative estimate of drug-likeness (QED) is 0.415. The predicted octanol–water partition coefficient (Wildman–Crippen LogP) is 2.17. The number of hydrazine groups is 1. The van der Waals surface area contributed by atoms with Gasteiger partial charge in [-0.1, -0.05) is 0 Å². The first-order valence-electron chi connectivity index (χ1n) is 9.45. The van der Waals surface area contributed by atoms with E-state index in [4.69, 9.17) is 21.1 Å². The molecule has 0 aromatic carbocycles. The van der Waals surface area contributed by atoms with Crippen molar-refractivity contribution in [1.82, 2.24) is 9.99 Å². The SMILES string of the molecule is CC=O.COC.COC/C(=C(/N)c1ccc(N2CCCC(F)(F)C2)c(C)n1)N(C)N. The number of aryl methyl sites for hydroxylation is 1. The second-order valence-electron chi connectivity index (χ2n) is 6.73. The molecule has 1 fully saturated rings. The highest BCUT2D eigenvalue weighted by Gasteiger charge is 2.35. The second kappa shape index (κ2) is 13.8. The van der Waals surface area contributed by atoms with E-state index < -0.39 is 5.92 Å². The number of carbonyl (C=O) groups is 1. The predicted molar refractivity (Wildman–Crippen MR) is 115 cm³/mol. The molecule has 0 atom stereocenters. The van der Waals surface area contributed by atoms with Crippen molar-refractivity contribution in [2.45, 2.75) is 32.6 Å². The van der Waals surface area contributed by atoms with E-state index in [1.807, 2.05) is 0 Å². The van der Waals surface area contributed by atoms with E-state index in [0.29, 0.717) is 41.4 Å². The number of aromatic nitrogens is 1. The van der Waals surface area contributed by atoms with Gasteiger partial charge < -0.3 is 29.9 Å². The maximum absolute atomic E-state index is 13.6. The Morgan fingerprint density at radius 3 is 2.37 bits per heavy atom. The molecule has 10 heteroatoms. The zero-order valence-corrected chi connectivity index (χ0v) is 18.7. The molecule has 0 radical (unpaired) electrons. The summed E-state index contributed by atoms with van der Waals surface area (Å²) in [6, 6.07) is 3.51. The lowest BCUT2D eigenvalue weighted by molar-refractivity contribution is -0.106. The number of alkyl halides is 2. The van der Waals surface area contributed by atoms with Crippen molar-refractivity contribution < 1.29 is 23.0 Å². The fourth-order valence-corrected chi connectivity index (χ4v) is 2.86. The van der Waals surface area contributed by atoms with Crippen LogP contribution in [0.25, 0.3) is 5.70 Å². The molecule has 30 heavy (non-hydrogen) atoms. The summed E-state index contributed by atoms with van der Waals surface area (Å²) in [6.45, 7) is 3.81. The van der Waals surface area contributed by atoms with Crippen molar-refractivity contribution in [3.8, 4) is 0 Å². The van der Waals surface area contributed by atoms with Gasteiger partial charge in [-0.15, -0.1) is 0 Å². The zero-order chi connectivity index (χ0) is 23.3. The van der Waals surface area contributed by atoms with Gasteiger partial charge in [0.2, 0.25) is 0 Å². The number of likely N-dealkylation sites (N-methyl/N-ethyl adjacent to an activating group) is 1. The fourth-order valence-electron chi connectivity index (χ4n) is 2.86. The van der Waals surface area contributed by atoms with Crippen LogP contribution in [0.15, 0.2) is 17.8 Å². The van der Waals surface area contributed by atoms with E-state index in [1.54, 1.807) is 52.3 Å². The van der Waals surface area contributed by atoms with Crippen LogP contribution in [0.3, 0.4) is 0 Å². The van der Waals surface area contributed by atoms with Crippen molar-refractivity contribution >= 4 is 17.7 Å². The standard InChI is InChI=1S/C16H25F2N5O.C2H6O.C2H4O/c1-11-13(23-8-4-7-16(17,18)10-23)6-5-12(21-11)15(19)14(9-24-3)22(2)20;1-3-2;1-2-3/h5-6H,4,7-10,19-20H2,1-3H3;1-2H3;2H,1H3/b15-14-;;. The molecule has 1 aliphatic heterocycles. The molecule has 0 saturated carbocycles. The Kier molecular flexibility index (Phi) is 12.8. The van der Waals surface area contributed by atoms with Crippen molar-refractivity contribution in [3.05, 3.63) is 29.2 Å². The summed E-state index contributed by atoms with van der Waals surface area (Å²) < 4.78 is 36.6. The lowest BCUT2D eigenvalue weighted by atomic mass is 10.1. The van der Waals surface area contributed by atoms with Crippen LogP contribution in [0, 0.1) is 6.92 Å². The molecule has 1 aliphatic rings. The van der Waals surface area contributed by atoms with Gasteiger partial charge in [0.15, 0.2) is 0 Å². The lowest BCUT2D eigenvalue weighted by Crippen LogP contribution is -2.43. The number of hydrogen-bond acceptors (Lipinski definition) is 8. The molecular weight excluding hydrogens is 396 g/mol. The Balaban J connectivity index is 0.00000125. The van der Waals surface area contributed by atoms with Crippen LogP contribution in [0.4, 0.5) is 14.5 Å². The molecule has 4 N–H and O–H groups in total. The normalized spacial score (nSPS) is 15.7. The summed E-state index contributed by atoms with van der Waals surface area (Å²) in [6.07, 6.45) is 1.15. The van der Waals surface area contributed by atoms with E-state index >= 15 is 0 Å². The van der Waals surface area contributed by atoms with Gasteiger partial charge in [0.1, 0.15) is 6.29 Å². The summed E-state index contributed by atoms with van der Waals surface area (Å²) in [7, 11) is 6.47. The minimum atomic E-state index is -2.66. The highest BCUT2D eigenvalue weighted by atomic mass is 19.3. The molecule has 172 valence electrons. The number of anilines is 1. The highest BCUT2D eigenvalue weighted by molar-refractivity contribution is 5.65. The van der Waals surface area contributed by atoms with Gasteiger partial charge in [-0.05, 0) is 32.4 Å². The van der Waals surface area contributed by atoms with Crippen molar-refractivity contribution in [2.75, 3.05) is 53.0 Å². The number of carbonyl (C=O) groups excluding carboxylic acids is 1. The fraction of sp³-hybridized carbons (Fsp3) is 0.600. The van der Waals surface area contributed by atoms with E-state index in [9.17, 15) is 8.78 Å². The minimum Gasteiger partial charge on any atom is -0.395 e. The number of halogens is 2. The van der Waals surface area contributed by atoms with Crippen molar-refractivity contribution in [1.29, 1.82) is 0 Å². The van der Waals surface area contributed by atoms with Crippen LogP contribution >= 0.6 is 0 Å². The molecule has 0 unspecified atom stereocenters. The molecular formula is C20H35F2N5O3. The monoisotopic (exact) mass is 431 g/mol. The molecule has 0 spiro atoms. The van der Waals surface area contributed by atoms with Crippen molar-refractivity contribution in [3.63, 3.8) is 0 Å². The third kappa shape index (κ3) is 9.02. The van der Waals surface area contributed by atoms with E-state index in [1.165, 1.54) is 11.9 Å². The van der Waals surface area contributed by atoms with E-state index in [-0.39, 0.29) is 19.6 Å². The average Bonchev–Trinajstić information content (AvgIpc) is 2.65. The smallest absolute Gasteiger partial charge is 0.265 e. The molecule has 0 amide bonds. The van der Waals surface area contributed by atoms with Crippen LogP contribution in [-0.4, -0.2) is 70.3 Å². The van der Waals surface area contributed by atoms with Gasteiger partial charge in [0.25, 0.3) is 5.92 Å². The summed E-state index contributed by atoms with van der Waals surface area (Å²) in [4.78, 5) is 15.0. The Hall–Kier alpha value is -2.30. The van der Waals surface area contributed by atoms with Crippen LogP contribution in [0.5, 0.6) is 0 Å². The first-order chi connectivity index (χ1) is 14.1. The highest BCUT2D eigenvalue weighted by Crippen LogP contribution is 2.31. The van der Waals surface area contributed by atoms with Gasteiger partial charge >= 0.3 is 0 Å². The maximum atomic E-state index is 13.6. The molecule has 1 saturated heterocycles. The largest absolute Gasteiger partial charge is 0.395 e. The first-order valence-corrected chi connectivity index (χ1v) is 9.45. The maximum Gasteiger partial charge on any atom is 0.265 e. The first kappa shape index (κ1) is 27.7. The average molecular weight is 432 g/mol. The Bertz CT molecular complexity index is 684. The molecule has 1 aromatic rings. The van der Waals surface area contributed by atoms with Crippen LogP contribution in [-0.2, 0) is 14.3 Å². The number of aldehydes is 1. The van der Waals surface area contributed by atoms with Gasteiger partial charge in [-0.25, -0.2) is 19.6 Å². The van der Waals surface area contributed by atoms with Gasteiger partial charge in [-0.2, -0.15) is 0 Å². The van der Waals surface area contributed by atoms with E-state index in [2.05, 4.69) is 9.72 Å². The summed E-state index contributed by atoms with van der Waals surface area (Å²) >= 11 is 0. The number of nitrogens with zero attached hydrogens (tertiary/aromatic N) is 3. The molecule has 0 bridgehead atoms. The molecule has 2 rings (SSSR count). The van der Waals surface area contributed by atoms with Gasteiger partial charge in [-0.3, -0.25) is 0 Å². The third-order valence-electron chi connectivity index (χ3n) is 4.09. The Labute approximate surface area is 177 Å². The molecule has 8 nitrogen and oxygen atoms in total. The van der Waals surface area contributed by atoms with E-state index in [0.717, 1.165) is 6.29 Å². The zero-order valence-electron chi connectivity index (χ0n) is 18.7. The number of pyridine rings is 1. The summed E-state index contributed by atoms with van der Waals surface area (Å²) in [5, 5.41) is 1.38. The van der Waals surface area contributed by atoms with Crippen molar-refractivity contribution in [2.24, 2.45) is 11.6 Å². The lowest BCUT2D eigenvalue weighted by Gasteiger charge is -2.34. The Morgan fingerprint density at radius 1 is 1.37 bits per heavy atom. The van der Waals surface area contributed by atoms with Crippen LogP contribution in [0.2, 0.25) is 0 Å². The Morgan fingerprint density at radius 2 is 1.93 bits per heavy atom. The topological polar surface area (TPSA) is 107 Å². The van der Waals surface area contributed by atoms with Crippen LogP contribution < -0.4 is 16.5 Å². The number of ether oxygens (including phenoxy) is 2. The minimum absolute atomic E-state index is 0.0625. The molecule has 2 heterocycles. The number of piperidine rings is 1. The summed E-state index contributed by atoms with van der Waals surface area (Å²) in [5.74, 6) is 3.12. The van der Waals surface area contributed by atoms with Gasteiger partial charge in [0.05, 0.1) is 41.6 Å². The van der Waals surface area contributed by atoms with Crippen LogP contribution in [0.1, 0.15) is 31.2 Å². The third-order valence-corrected chi connectivity index (χ3v) is 4.09. The number of rotatable bonds is 5. The molecule has 0 aliphatic carbocycles. The number of methoxy groups -OCH3 is 2. The summed E-state index contributed by atoms with van der Waals surface area (Å²) in [5.41, 5.74) is 9.06. The van der Waals surface area contributed by atoms with Gasteiger partial charge in [0, 0.05) is 41.3 Å². The number of hydrogen-bond donors (Lipinski definition) is 2. The number of nitrogens with two attached hydrogens (primary N) is 2. The molecule has 1 aromatic heterocycles.